The van der Waals surface area contributed by atoms with Crippen LogP contribution in [0.2, 0.25) is 0 Å². The number of anilines is 1. The van der Waals surface area contributed by atoms with Crippen LogP contribution in [0.25, 0.3) is 0 Å². The van der Waals surface area contributed by atoms with Gasteiger partial charge in [0.15, 0.2) is 0 Å². The predicted octanol–water partition coefficient (Wildman–Crippen LogP) is 5.09. The molecule has 0 saturated carbocycles. The zero-order valence-electron chi connectivity index (χ0n) is 23.3. The summed E-state index contributed by atoms with van der Waals surface area (Å²) in [6, 6.07) is 22.3. The molecule has 0 spiro atoms. The van der Waals surface area contributed by atoms with Crippen molar-refractivity contribution in [2.24, 2.45) is 0 Å². The Labute approximate surface area is 232 Å². The molecule has 3 rings (SSSR count). The Hall–Kier alpha value is -3.65. The van der Waals surface area contributed by atoms with Crippen molar-refractivity contribution >= 4 is 27.5 Å². The quantitative estimate of drug-likeness (QED) is 0.301. The van der Waals surface area contributed by atoms with Gasteiger partial charge >= 0.3 is 0 Å². The van der Waals surface area contributed by atoms with E-state index in [-0.39, 0.29) is 17.3 Å². The third-order valence-corrected chi connectivity index (χ3v) is 8.50. The summed E-state index contributed by atoms with van der Waals surface area (Å²) in [5, 5.41) is 2.91. The van der Waals surface area contributed by atoms with Gasteiger partial charge in [-0.2, -0.15) is 0 Å². The fourth-order valence-electron chi connectivity index (χ4n) is 4.29. The van der Waals surface area contributed by atoms with E-state index in [0.717, 1.165) is 29.5 Å². The fraction of sp³-hybridized carbons (Fsp3) is 0.355. The molecule has 0 aliphatic carbocycles. The van der Waals surface area contributed by atoms with Gasteiger partial charge in [0.05, 0.1) is 10.6 Å². The van der Waals surface area contributed by atoms with E-state index in [9.17, 15) is 18.0 Å². The smallest absolute Gasteiger partial charge is 0.264 e. The van der Waals surface area contributed by atoms with E-state index in [1.54, 1.807) is 37.3 Å². The largest absolute Gasteiger partial charge is 0.354 e. The number of hydrogen-bond donors (Lipinski definition) is 1. The van der Waals surface area contributed by atoms with E-state index in [0.29, 0.717) is 18.7 Å². The predicted molar refractivity (Wildman–Crippen MR) is 156 cm³/mol. The van der Waals surface area contributed by atoms with Gasteiger partial charge < -0.3 is 10.2 Å². The Morgan fingerprint density at radius 3 is 2.18 bits per heavy atom. The highest BCUT2D eigenvalue weighted by molar-refractivity contribution is 7.92. The molecule has 39 heavy (non-hydrogen) atoms. The van der Waals surface area contributed by atoms with Gasteiger partial charge in [-0.3, -0.25) is 13.9 Å². The van der Waals surface area contributed by atoms with Gasteiger partial charge in [-0.25, -0.2) is 8.42 Å². The van der Waals surface area contributed by atoms with Crippen molar-refractivity contribution in [3.8, 4) is 0 Å². The molecule has 0 fully saturated rings. The maximum Gasteiger partial charge on any atom is 0.264 e. The lowest BCUT2D eigenvalue weighted by Gasteiger charge is -2.32. The summed E-state index contributed by atoms with van der Waals surface area (Å²) in [7, 11) is -4.07. The molecule has 0 aromatic heterocycles. The van der Waals surface area contributed by atoms with Crippen LogP contribution in [0.3, 0.4) is 0 Å². The molecule has 0 saturated heterocycles. The van der Waals surface area contributed by atoms with E-state index < -0.39 is 28.5 Å². The third kappa shape index (κ3) is 7.69. The minimum absolute atomic E-state index is 0.0964. The number of nitrogens with zero attached hydrogens (tertiary/aromatic N) is 2. The van der Waals surface area contributed by atoms with Crippen LogP contribution in [-0.2, 0) is 32.6 Å². The number of hydrogen-bond acceptors (Lipinski definition) is 4. The first-order valence-corrected chi connectivity index (χ1v) is 14.9. The second-order valence-electron chi connectivity index (χ2n) is 9.63. The standard InChI is InChI=1S/C31H39N3O4S/c1-5-7-21-32-31(36)25(4)33(22-26-19-17-24(3)18-20-26)30(35)23-34(29-16-12-11-13-27(29)6-2)39(37,38)28-14-9-8-10-15-28/h8-20,25H,5-7,21-23H2,1-4H3,(H,32,36)/t25-/m1/s1. The summed E-state index contributed by atoms with van der Waals surface area (Å²) in [6.07, 6.45) is 2.36. The van der Waals surface area contributed by atoms with Crippen LogP contribution in [0.5, 0.6) is 0 Å². The van der Waals surface area contributed by atoms with Crippen LogP contribution < -0.4 is 9.62 Å². The van der Waals surface area contributed by atoms with Crippen LogP contribution >= 0.6 is 0 Å². The second-order valence-corrected chi connectivity index (χ2v) is 11.5. The van der Waals surface area contributed by atoms with Crippen LogP contribution in [0.15, 0.2) is 83.8 Å². The van der Waals surface area contributed by atoms with Crippen LogP contribution in [0, 0.1) is 6.92 Å². The van der Waals surface area contributed by atoms with Crippen molar-refractivity contribution in [3.63, 3.8) is 0 Å². The molecular formula is C31H39N3O4S. The molecule has 0 aliphatic rings. The Balaban J connectivity index is 2.02. The molecule has 0 heterocycles. The first-order chi connectivity index (χ1) is 18.7. The van der Waals surface area contributed by atoms with Gasteiger partial charge in [0.1, 0.15) is 12.6 Å². The van der Waals surface area contributed by atoms with Crippen LogP contribution in [0.1, 0.15) is 50.3 Å². The number of aryl methyl sites for hydroxylation is 2. The van der Waals surface area contributed by atoms with Gasteiger partial charge in [0.25, 0.3) is 10.0 Å². The first-order valence-electron chi connectivity index (χ1n) is 13.5. The normalized spacial score (nSPS) is 12.0. The van der Waals surface area contributed by atoms with Gasteiger partial charge in [0, 0.05) is 13.1 Å². The van der Waals surface area contributed by atoms with E-state index in [1.165, 1.54) is 21.3 Å². The Morgan fingerprint density at radius 1 is 0.897 bits per heavy atom. The van der Waals surface area contributed by atoms with E-state index >= 15 is 0 Å². The lowest BCUT2D eigenvalue weighted by molar-refractivity contribution is -0.139. The summed E-state index contributed by atoms with van der Waals surface area (Å²) >= 11 is 0. The number of benzene rings is 3. The van der Waals surface area contributed by atoms with Gasteiger partial charge in [-0.15, -0.1) is 0 Å². The zero-order chi connectivity index (χ0) is 28.4. The van der Waals surface area contributed by atoms with Crippen molar-refractivity contribution in [2.75, 3.05) is 17.4 Å². The molecule has 1 N–H and O–H groups in total. The van der Waals surface area contributed by atoms with Crippen molar-refractivity contribution in [1.82, 2.24) is 10.2 Å². The SMILES string of the molecule is CCCCNC(=O)[C@@H](C)N(Cc1ccc(C)cc1)C(=O)CN(c1ccccc1CC)S(=O)(=O)c1ccccc1. The van der Waals surface area contributed by atoms with Gasteiger partial charge in [0.2, 0.25) is 11.8 Å². The average Bonchev–Trinajstić information content (AvgIpc) is 2.95. The zero-order valence-corrected chi connectivity index (χ0v) is 24.1. The lowest BCUT2D eigenvalue weighted by Crippen LogP contribution is -2.51. The molecule has 3 aromatic rings. The molecule has 3 aromatic carbocycles. The molecule has 7 nitrogen and oxygen atoms in total. The minimum atomic E-state index is -4.07. The van der Waals surface area contributed by atoms with Crippen molar-refractivity contribution in [2.45, 2.75) is 64.4 Å². The molecule has 8 heteroatoms. The number of carbonyl (C=O) groups excluding carboxylic acids is 2. The first kappa shape index (κ1) is 29.9. The number of sulfonamides is 1. The number of unbranched alkanes of at least 4 members (excludes halogenated alkanes) is 1. The molecular weight excluding hydrogens is 510 g/mol. The lowest BCUT2D eigenvalue weighted by atomic mass is 10.1. The highest BCUT2D eigenvalue weighted by Gasteiger charge is 2.33. The molecule has 0 radical (unpaired) electrons. The summed E-state index contributed by atoms with van der Waals surface area (Å²) in [5.74, 6) is -0.727. The Bertz CT molecular complexity index is 1340. The number of amides is 2. The Kier molecular flexibility index (Phi) is 10.7. The van der Waals surface area contributed by atoms with Crippen LogP contribution in [0.4, 0.5) is 5.69 Å². The highest BCUT2D eigenvalue weighted by atomic mass is 32.2. The molecule has 0 unspecified atom stereocenters. The monoisotopic (exact) mass is 549 g/mol. The fourth-order valence-corrected chi connectivity index (χ4v) is 5.77. The molecule has 208 valence electrons. The third-order valence-electron chi connectivity index (χ3n) is 6.72. The van der Waals surface area contributed by atoms with E-state index in [2.05, 4.69) is 5.32 Å². The highest BCUT2D eigenvalue weighted by Crippen LogP contribution is 2.28. The number of nitrogens with one attached hydrogen (secondary N) is 1. The minimum Gasteiger partial charge on any atom is -0.354 e. The summed E-state index contributed by atoms with van der Waals surface area (Å²) < 4.78 is 29.0. The van der Waals surface area contributed by atoms with Crippen LogP contribution in [-0.4, -0.2) is 44.3 Å². The molecule has 1 atom stereocenters. The van der Waals surface area contributed by atoms with E-state index in [4.69, 9.17) is 0 Å². The van der Waals surface area contributed by atoms with Crippen molar-refractivity contribution < 1.29 is 18.0 Å². The summed E-state index contributed by atoms with van der Waals surface area (Å²) in [6.45, 7) is 7.91. The Morgan fingerprint density at radius 2 is 1.54 bits per heavy atom. The topological polar surface area (TPSA) is 86.8 Å². The number of rotatable bonds is 13. The molecule has 0 bridgehead atoms. The van der Waals surface area contributed by atoms with Crippen molar-refractivity contribution in [1.29, 1.82) is 0 Å². The van der Waals surface area contributed by atoms with Gasteiger partial charge in [-0.05, 0) is 56.0 Å². The maximum absolute atomic E-state index is 14.0. The number of carbonyl (C=O) groups is 2. The average molecular weight is 550 g/mol. The summed E-state index contributed by atoms with van der Waals surface area (Å²) in [4.78, 5) is 28.6. The maximum atomic E-state index is 14.0. The number of para-hydroxylation sites is 1. The molecule has 0 aliphatic heterocycles. The van der Waals surface area contributed by atoms with Gasteiger partial charge in [-0.1, -0.05) is 86.5 Å². The molecule has 2 amide bonds. The van der Waals surface area contributed by atoms with E-state index in [1.807, 2.05) is 57.2 Å². The summed E-state index contributed by atoms with van der Waals surface area (Å²) in [5.41, 5.74) is 3.19. The second kappa shape index (κ2) is 13.9. The van der Waals surface area contributed by atoms with Crippen molar-refractivity contribution in [3.05, 3.63) is 95.6 Å².